The minimum atomic E-state index is -0.164. The number of halogens is 1. The summed E-state index contributed by atoms with van der Waals surface area (Å²) < 4.78 is 13.0. The molecule has 1 N–H and O–H groups in total. The summed E-state index contributed by atoms with van der Waals surface area (Å²) in [6.45, 7) is 6.70. The van der Waals surface area contributed by atoms with Crippen LogP contribution in [0.15, 0.2) is 24.3 Å². The zero-order chi connectivity index (χ0) is 13.2. The highest BCUT2D eigenvalue weighted by atomic mass is 32.2. The highest BCUT2D eigenvalue weighted by Crippen LogP contribution is 2.34. The van der Waals surface area contributed by atoms with Crippen LogP contribution in [0, 0.1) is 11.2 Å². The largest absolute Gasteiger partial charge is 0.306 e. The normalized spacial score (nSPS) is 22.1. The SMILES string of the molecule is CC(C)(C)C(NC1CCSC1)c1ccc(F)cc1. The lowest BCUT2D eigenvalue weighted by molar-refractivity contribution is 0.254. The van der Waals surface area contributed by atoms with Crippen LogP contribution in [0.25, 0.3) is 0 Å². The van der Waals surface area contributed by atoms with Gasteiger partial charge in [-0.25, -0.2) is 4.39 Å². The van der Waals surface area contributed by atoms with Crippen molar-refractivity contribution in [2.24, 2.45) is 5.41 Å². The summed E-state index contributed by atoms with van der Waals surface area (Å²) in [6.07, 6.45) is 1.23. The monoisotopic (exact) mass is 267 g/mol. The smallest absolute Gasteiger partial charge is 0.123 e. The van der Waals surface area contributed by atoms with E-state index in [9.17, 15) is 4.39 Å². The van der Waals surface area contributed by atoms with Gasteiger partial charge in [-0.1, -0.05) is 32.9 Å². The Kier molecular flexibility index (Phi) is 4.33. The average molecular weight is 267 g/mol. The van der Waals surface area contributed by atoms with Crippen LogP contribution in [0.5, 0.6) is 0 Å². The van der Waals surface area contributed by atoms with Gasteiger partial charge in [-0.2, -0.15) is 11.8 Å². The number of nitrogens with one attached hydrogen (secondary N) is 1. The maximum Gasteiger partial charge on any atom is 0.123 e. The first kappa shape index (κ1) is 13.9. The van der Waals surface area contributed by atoms with Gasteiger partial charge in [-0.15, -0.1) is 0 Å². The Balaban J connectivity index is 2.16. The van der Waals surface area contributed by atoms with Gasteiger partial charge in [0.1, 0.15) is 5.82 Å². The summed E-state index contributed by atoms with van der Waals surface area (Å²) in [5.41, 5.74) is 1.31. The molecule has 3 heteroatoms. The second kappa shape index (κ2) is 5.62. The van der Waals surface area contributed by atoms with Crippen LogP contribution in [-0.4, -0.2) is 17.5 Å². The van der Waals surface area contributed by atoms with E-state index < -0.39 is 0 Å². The van der Waals surface area contributed by atoms with Crippen LogP contribution in [0.2, 0.25) is 0 Å². The van der Waals surface area contributed by atoms with E-state index in [1.54, 1.807) is 12.1 Å². The number of benzene rings is 1. The Bertz CT molecular complexity index is 376. The summed E-state index contributed by atoms with van der Waals surface area (Å²) in [5.74, 6) is 2.27. The molecule has 0 radical (unpaired) electrons. The van der Waals surface area contributed by atoms with Gasteiger partial charge < -0.3 is 5.32 Å². The fourth-order valence-electron chi connectivity index (χ4n) is 2.40. The van der Waals surface area contributed by atoms with Gasteiger partial charge in [0.25, 0.3) is 0 Å². The molecule has 100 valence electrons. The van der Waals surface area contributed by atoms with Crippen molar-refractivity contribution in [1.82, 2.24) is 5.32 Å². The Hall–Kier alpha value is -0.540. The van der Waals surface area contributed by atoms with E-state index in [1.807, 2.05) is 23.9 Å². The Morgan fingerprint density at radius 1 is 1.28 bits per heavy atom. The van der Waals surface area contributed by atoms with Crippen molar-refractivity contribution in [3.63, 3.8) is 0 Å². The van der Waals surface area contributed by atoms with Crippen LogP contribution in [0.4, 0.5) is 4.39 Å². The van der Waals surface area contributed by atoms with E-state index in [4.69, 9.17) is 0 Å². The molecule has 1 aliphatic rings. The summed E-state index contributed by atoms with van der Waals surface area (Å²) in [7, 11) is 0. The number of hydrogen-bond acceptors (Lipinski definition) is 2. The highest BCUT2D eigenvalue weighted by molar-refractivity contribution is 7.99. The molecule has 0 amide bonds. The third kappa shape index (κ3) is 3.48. The lowest BCUT2D eigenvalue weighted by Crippen LogP contribution is -2.39. The number of hydrogen-bond donors (Lipinski definition) is 1. The van der Waals surface area contributed by atoms with Gasteiger partial charge in [-0.3, -0.25) is 0 Å². The zero-order valence-electron chi connectivity index (χ0n) is 11.4. The van der Waals surface area contributed by atoms with Crippen LogP contribution in [0.3, 0.4) is 0 Å². The van der Waals surface area contributed by atoms with Crippen LogP contribution >= 0.6 is 11.8 Å². The van der Waals surface area contributed by atoms with E-state index in [0.717, 1.165) is 0 Å². The molecule has 2 unspecified atom stereocenters. The summed E-state index contributed by atoms with van der Waals surface area (Å²) in [6, 6.07) is 7.78. The molecule has 2 rings (SSSR count). The first-order valence-electron chi connectivity index (χ1n) is 6.56. The van der Waals surface area contributed by atoms with Gasteiger partial charge in [0, 0.05) is 17.8 Å². The highest BCUT2D eigenvalue weighted by Gasteiger charge is 2.29. The molecule has 0 saturated carbocycles. The van der Waals surface area contributed by atoms with E-state index in [-0.39, 0.29) is 17.3 Å². The van der Waals surface area contributed by atoms with Crippen molar-refractivity contribution in [3.05, 3.63) is 35.6 Å². The van der Waals surface area contributed by atoms with Crippen LogP contribution in [0.1, 0.15) is 38.8 Å². The fourth-order valence-corrected chi connectivity index (χ4v) is 3.57. The fraction of sp³-hybridized carbons (Fsp3) is 0.600. The predicted octanol–water partition coefficient (Wildman–Crippen LogP) is 4.01. The van der Waals surface area contributed by atoms with E-state index >= 15 is 0 Å². The predicted molar refractivity (Wildman–Crippen MR) is 77.5 cm³/mol. The first-order valence-corrected chi connectivity index (χ1v) is 7.71. The van der Waals surface area contributed by atoms with Gasteiger partial charge in [0.05, 0.1) is 0 Å². The van der Waals surface area contributed by atoms with Gasteiger partial charge in [-0.05, 0) is 35.3 Å². The molecule has 0 spiro atoms. The molecule has 0 bridgehead atoms. The lowest BCUT2D eigenvalue weighted by atomic mass is 9.82. The van der Waals surface area contributed by atoms with Gasteiger partial charge in [0.15, 0.2) is 0 Å². The molecule has 1 aliphatic heterocycles. The van der Waals surface area contributed by atoms with Crippen molar-refractivity contribution in [2.45, 2.75) is 39.3 Å². The topological polar surface area (TPSA) is 12.0 Å². The van der Waals surface area contributed by atoms with Crippen LogP contribution in [-0.2, 0) is 0 Å². The zero-order valence-corrected chi connectivity index (χ0v) is 12.2. The third-order valence-corrected chi connectivity index (χ3v) is 4.56. The first-order chi connectivity index (χ1) is 8.47. The van der Waals surface area contributed by atoms with Crippen LogP contribution < -0.4 is 5.32 Å². The van der Waals surface area contributed by atoms with Crippen molar-refractivity contribution in [1.29, 1.82) is 0 Å². The lowest BCUT2D eigenvalue weighted by Gasteiger charge is -2.34. The maximum atomic E-state index is 13.0. The van der Waals surface area contributed by atoms with E-state index in [0.29, 0.717) is 6.04 Å². The number of rotatable bonds is 3. The molecule has 18 heavy (non-hydrogen) atoms. The average Bonchev–Trinajstić information content (AvgIpc) is 2.79. The molecule has 1 heterocycles. The molecule has 0 aromatic heterocycles. The molecule has 1 aromatic rings. The van der Waals surface area contributed by atoms with Gasteiger partial charge >= 0.3 is 0 Å². The Labute approximate surface area is 114 Å². The van der Waals surface area contributed by atoms with Gasteiger partial charge in [0.2, 0.25) is 0 Å². The maximum absolute atomic E-state index is 13.0. The Morgan fingerprint density at radius 2 is 1.94 bits per heavy atom. The van der Waals surface area contributed by atoms with E-state index in [1.165, 1.54) is 23.5 Å². The molecular weight excluding hydrogens is 245 g/mol. The number of thioether (sulfide) groups is 1. The molecule has 1 nitrogen and oxygen atoms in total. The van der Waals surface area contributed by atoms with Crippen molar-refractivity contribution in [2.75, 3.05) is 11.5 Å². The molecular formula is C15H22FNS. The quantitative estimate of drug-likeness (QED) is 0.888. The summed E-state index contributed by atoms with van der Waals surface area (Å²) >= 11 is 2.01. The molecule has 2 atom stereocenters. The third-order valence-electron chi connectivity index (χ3n) is 3.40. The summed E-state index contributed by atoms with van der Waals surface area (Å²) in [4.78, 5) is 0. The van der Waals surface area contributed by atoms with Crippen molar-refractivity contribution < 1.29 is 4.39 Å². The van der Waals surface area contributed by atoms with Crippen molar-refractivity contribution in [3.8, 4) is 0 Å². The molecule has 1 saturated heterocycles. The Morgan fingerprint density at radius 3 is 2.44 bits per heavy atom. The van der Waals surface area contributed by atoms with E-state index in [2.05, 4.69) is 26.1 Å². The van der Waals surface area contributed by atoms with Crippen molar-refractivity contribution >= 4 is 11.8 Å². The molecule has 0 aliphatic carbocycles. The molecule has 1 fully saturated rings. The second-order valence-corrected chi connectivity index (χ2v) is 7.23. The second-order valence-electron chi connectivity index (χ2n) is 6.08. The minimum Gasteiger partial charge on any atom is -0.306 e. The standard InChI is InChI=1S/C15H22FNS/c1-15(2,3)14(17-13-8-9-18-10-13)11-4-6-12(16)7-5-11/h4-7,13-14,17H,8-10H2,1-3H3. The molecule has 1 aromatic carbocycles. The summed E-state index contributed by atoms with van der Waals surface area (Å²) in [5, 5.41) is 3.75. The minimum absolute atomic E-state index is 0.130.